The van der Waals surface area contributed by atoms with Crippen molar-refractivity contribution in [3.05, 3.63) is 12.2 Å². The number of allylic oxidation sites excluding steroid dienone is 1. The number of carbonyl (C=O) groups is 1. The zero-order valence-corrected chi connectivity index (χ0v) is 7.62. The van der Waals surface area contributed by atoms with E-state index in [1.165, 1.54) is 7.11 Å². The summed E-state index contributed by atoms with van der Waals surface area (Å²) in [5.41, 5.74) is 0. The highest BCUT2D eigenvalue weighted by molar-refractivity contribution is 5.67. The number of carboxylic acid groups (broad SMARTS) is 1. The number of methoxy groups -OCH3 is 1. The van der Waals surface area contributed by atoms with Crippen LogP contribution in [0.1, 0.15) is 26.2 Å². The van der Waals surface area contributed by atoms with Crippen LogP contribution in [0.2, 0.25) is 0 Å². The standard InChI is InChI=1S/C9H16O3/c1-3-4-5-6-8(12-2)7-9(10)11/h5-6,8H,3-4,7H2,1-2H3,(H,10,11)/b6-5+. The monoisotopic (exact) mass is 172 g/mol. The maximum atomic E-state index is 10.3. The van der Waals surface area contributed by atoms with Gasteiger partial charge < -0.3 is 9.84 Å². The van der Waals surface area contributed by atoms with Gasteiger partial charge in [0.05, 0.1) is 12.5 Å². The molecule has 0 aliphatic heterocycles. The summed E-state index contributed by atoms with van der Waals surface area (Å²) in [6, 6.07) is 0. The number of ether oxygens (including phenoxy) is 1. The normalized spacial score (nSPS) is 13.5. The van der Waals surface area contributed by atoms with Gasteiger partial charge in [-0.2, -0.15) is 0 Å². The van der Waals surface area contributed by atoms with E-state index in [1.807, 2.05) is 6.08 Å². The smallest absolute Gasteiger partial charge is 0.306 e. The van der Waals surface area contributed by atoms with Gasteiger partial charge in [-0.05, 0) is 6.42 Å². The molecule has 0 aromatic rings. The lowest BCUT2D eigenvalue weighted by molar-refractivity contribution is -0.138. The predicted octanol–water partition coefficient (Wildman–Crippen LogP) is 1.83. The fraction of sp³-hybridized carbons (Fsp3) is 0.667. The lowest BCUT2D eigenvalue weighted by atomic mass is 10.2. The first-order chi connectivity index (χ1) is 5.70. The lowest BCUT2D eigenvalue weighted by Gasteiger charge is -2.06. The fourth-order valence-corrected chi connectivity index (χ4v) is 0.817. The molecule has 0 bridgehead atoms. The molecule has 0 amide bonds. The Morgan fingerprint density at radius 3 is 2.75 bits per heavy atom. The van der Waals surface area contributed by atoms with Gasteiger partial charge in [0.25, 0.3) is 0 Å². The Bertz CT molecular complexity index is 152. The van der Waals surface area contributed by atoms with Gasteiger partial charge in [-0.25, -0.2) is 0 Å². The third-order valence-electron chi connectivity index (χ3n) is 1.48. The maximum absolute atomic E-state index is 10.3. The molecule has 1 N–H and O–H groups in total. The summed E-state index contributed by atoms with van der Waals surface area (Å²) in [5, 5.41) is 8.46. The molecule has 1 atom stereocenters. The third kappa shape index (κ3) is 5.92. The summed E-state index contributed by atoms with van der Waals surface area (Å²) in [5.74, 6) is -0.831. The lowest BCUT2D eigenvalue weighted by Crippen LogP contribution is -2.12. The van der Waals surface area contributed by atoms with Crippen molar-refractivity contribution in [2.24, 2.45) is 0 Å². The van der Waals surface area contributed by atoms with Gasteiger partial charge >= 0.3 is 5.97 Å². The van der Waals surface area contributed by atoms with Crippen molar-refractivity contribution in [1.82, 2.24) is 0 Å². The summed E-state index contributed by atoms with van der Waals surface area (Å²) in [6.45, 7) is 2.07. The van der Waals surface area contributed by atoms with Gasteiger partial charge in [0, 0.05) is 7.11 Å². The fourth-order valence-electron chi connectivity index (χ4n) is 0.817. The van der Waals surface area contributed by atoms with Crippen molar-refractivity contribution in [2.45, 2.75) is 32.3 Å². The van der Waals surface area contributed by atoms with E-state index in [4.69, 9.17) is 9.84 Å². The Morgan fingerprint density at radius 2 is 2.33 bits per heavy atom. The third-order valence-corrected chi connectivity index (χ3v) is 1.48. The number of rotatable bonds is 6. The van der Waals surface area contributed by atoms with Gasteiger partial charge in [0.15, 0.2) is 0 Å². The minimum atomic E-state index is -0.831. The Hall–Kier alpha value is -0.830. The molecule has 0 fully saturated rings. The quantitative estimate of drug-likeness (QED) is 0.622. The highest BCUT2D eigenvalue weighted by Crippen LogP contribution is 2.00. The van der Waals surface area contributed by atoms with E-state index >= 15 is 0 Å². The van der Waals surface area contributed by atoms with Crippen LogP contribution in [-0.4, -0.2) is 24.3 Å². The molecular formula is C9H16O3. The first kappa shape index (κ1) is 11.2. The summed E-state index contributed by atoms with van der Waals surface area (Å²) >= 11 is 0. The first-order valence-corrected chi connectivity index (χ1v) is 4.12. The van der Waals surface area contributed by atoms with Crippen molar-refractivity contribution in [3.8, 4) is 0 Å². The Morgan fingerprint density at radius 1 is 1.67 bits per heavy atom. The highest BCUT2D eigenvalue weighted by Gasteiger charge is 2.07. The Kier molecular flexibility index (Phi) is 6.38. The Balaban J connectivity index is 3.73. The first-order valence-electron chi connectivity index (χ1n) is 4.12. The summed E-state index contributed by atoms with van der Waals surface area (Å²) in [7, 11) is 1.52. The minimum Gasteiger partial charge on any atom is -0.481 e. The molecule has 0 saturated heterocycles. The van der Waals surface area contributed by atoms with Gasteiger partial charge in [-0.15, -0.1) is 0 Å². The summed E-state index contributed by atoms with van der Waals surface area (Å²) in [4.78, 5) is 10.3. The van der Waals surface area contributed by atoms with Crippen LogP contribution in [0.3, 0.4) is 0 Å². The van der Waals surface area contributed by atoms with Crippen LogP contribution in [0.4, 0.5) is 0 Å². The van der Waals surface area contributed by atoms with E-state index < -0.39 is 5.97 Å². The molecule has 70 valence electrons. The van der Waals surface area contributed by atoms with Crippen molar-refractivity contribution in [2.75, 3.05) is 7.11 Å². The average molecular weight is 172 g/mol. The number of carboxylic acids is 1. The second-order valence-electron chi connectivity index (χ2n) is 2.59. The van der Waals surface area contributed by atoms with Gasteiger partial charge in [0.2, 0.25) is 0 Å². The van der Waals surface area contributed by atoms with E-state index in [0.717, 1.165) is 12.8 Å². The highest BCUT2D eigenvalue weighted by atomic mass is 16.5. The van der Waals surface area contributed by atoms with E-state index in [9.17, 15) is 4.79 Å². The van der Waals surface area contributed by atoms with E-state index in [-0.39, 0.29) is 12.5 Å². The van der Waals surface area contributed by atoms with Crippen molar-refractivity contribution in [1.29, 1.82) is 0 Å². The molecule has 0 aliphatic carbocycles. The van der Waals surface area contributed by atoms with Crippen LogP contribution in [0.25, 0.3) is 0 Å². The molecule has 3 nitrogen and oxygen atoms in total. The van der Waals surface area contributed by atoms with Crippen LogP contribution < -0.4 is 0 Å². The van der Waals surface area contributed by atoms with Crippen LogP contribution in [0.15, 0.2) is 12.2 Å². The molecule has 0 spiro atoms. The molecule has 0 radical (unpaired) electrons. The van der Waals surface area contributed by atoms with Gasteiger partial charge in [-0.3, -0.25) is 4.79 Å². The molecular weight excluding hydrogens is 156 g/mol. The van der Waals surface area contributed by atoms with Crippen molar-refractivity contribution >= 4 is 5.97 Å². The maximum Gasteiger partial charge on any atom is 0.306 e. The van der Waals surface area contributed by atoms with Gasteiger partial charge in [-0.1, -0.05) is 25.5 Å². The number of unbranched alkanes of at least 4 members (excludes halogenated alkanes) is 1. The number of aliphatic carboxylic acids is 1. The topological polar surface area (TPSA) is 46.5 Å². The molecule has 0 aliphatic rings. The number of hydrogen-bond donors (Lipinski definition) is 1. The zero-order chi connectivity index (χ0) is 9.40. The van der Waals surface area contributed by atoms with E-state index in [0.29, 0.717) is 0 Å². The van der Waals surface area contributed by atoms with E-state index in [1.54, 1.807) is 6.08 Å². The number of hydrogen-bond acceptors (Lipinski definition) is 2. The Labute approximate surface area is 73.0 Å². The average Bonchev–Trinajstić information content (AvgIpc) is 2.02. The minimum absolute atomic E-state index is 0.0384. The molecule has 0 aromatic heterocycles. The zero-order valence-electron chi connectivity index (χ0n) is 7.62. The van der Waals surface area contributed by atoms with Crippen LogP contribution >= 0.6 is 0 Å². The molecule has 3 heteroatoms. The van der Waals surface area contributed by atoms with Crippen LogP contribution in [0.5, 0.6) is 0 Å². The second-order valence-corrected chi connectivity index (χ2v) is 2.59. The second kappa shape index (κ2) is 6.85. The summed E-state index contributed by atoms with van der Waals surface area (Å²) in [6.07, 6.45) is 5.55. The van der Waals surface area contributed by atoms with Gasteiger partial charge in [0.1, 0.15) is 0 Å². The predicted molar refractivity (Wildman–Crippen MR) is 47.1 cm³/mol. The van der Waals surface area contributed by atoms with Crippen LogP contribution in [0, 0.1) is 0 Å². The largest absolute Gasteiger partial charge is 0.481 e. The summed E-state index contributed by atoms with van der Waals surface area (Å²) < 4.78 is 4.94. The van der Waals surface area contributed by atoms with Crippen molar-refractivity contribution in [3.63, 3.8) is 0 Å². The van der Waals surface area contributed by atoms with E-state index in [2.05, 4.69) is 6.92 Å². The molecule has 12 heavy (non-hydrogen) atoms. The van der Waals surface area contributed by atoms with Crippen LogP contribution in [-0.2, 0) is 9.53 Å². The molecule has 0 aromatic carbocycles. The van der Waals surface area contributed by atoms with Crippen molar-refractivity contribution < 1.29 is 14.6 Å². The molecule has 1 unspecified atom stereocenters. The molecule has 0 rings (SSSR count). The molecule has 0 heterocycles. The SMILES string of the molecule is CCC/C=C/C(CC(=O)O)OC. The molecule has 0 saturated carbocycles.